The van der Waals surface area contributed by atoms with Crippen LogP contribution in [0.3, 0.4) is 0 Å². The summed E-state index contributed by atoms with van der Waals surface area (Å²) in [7, 11) is 0. The van der Waals surface area contributed by atoms with Gasteiger partial charge in [-0.3, -0.25) is 4.79 Å². The van der Waals surface area contributed by atoms with Gasteiger partial charge in [-0.25, -0.2) is 9.78 Å². The monoisotopic (exact) mass is 314 g/mol. The molecule has 110 valence electrons. The number of rotatable bonds is 5. The van der Waals surface area contributed by atoms with Crippen molar-refractivity contribution in [2.24, 2.45) is 0 Å². The van der Waals surface area contributed by atoms with Gasteiger partial charge in [0.05, 0.1) is 22.5 Å². The standard InChI is InChI=1S/C13H18N2O3S2/c1-3-4-12-15(10(7-20-12)13(17)18)11(16)5-9-6-19-8(2)14-9/h6,10,12H,3-5,7H2,1-2H3,(H,17,18). The highest BCUT2D eigenvalue weighted by molar-refractivity contribution is 8.00. The second kappa shape index (κ2) is 6.58. The Bertz CT molecular complexity index is 504. The van der Waals surface area contributed by atoms with Gasteiger partial charge in [-0.1, -0.05) is 13.3 Å². The maximum Gasteiger partial charge on any atom is 0.327 e. The number of carbonyl (C=O) groups excluding carboxylic acids is 1. The molecule has 1 aromatic heterocycles. The predicted octanol–water partition coefficient (Wildman–Crippen LogP) is 2.15. The number of aliphatic carboxylic acids is 1. The highest BCUT2D eigenvalue weighted by Crippen LogP contribution is 2.32. The van der Waals surface area contributed by atoms with E-state index in [9.17, 15) is 14.7 Å². The molecular weight excluding hydrogens is 296 g/mol. The van der Waals surface area contributed by atoms with E-state index in [0.717, 1.165) is 23.5 Å². The van der Waals surface area contributed by atoms with Gasteiger partial charge in [0.2, 0.25) is 5.91 Å². The minimum absolute atomic E-state index is 0.0201. The van der Waals surface area contributed by atoms with Gasteiger partial charge in [0, 0.05) is 11.1 Å². The summed E-state index contributed by atoms with van der Waals surface area (Å²) in [5.74, 6) is -0.577. The molecule has 2 heterocycles. The zero-order valence-electron chi connectivity index (χ0n) is 11.5. The van der Waals surface area contributed by atoms with Crippen LogP contribution < -0.4 is 0 Å². The molecule has 7 heteroatoms. The van der Waals surface area contributed by atoms with Gasteiger partial charge in [-0.15, -0.1) is 23.1 Å². The van der Waals surface area contributed by atoms with E-state index in [0.29, 0.717) is 5.75 Å². The van der Waals surface area contributed by atoms with E-state index in [2.05, 4.69) is 4.98 Å². The number of aromatic nitrogens is 1. The Labute approximate surface area is 126 Å². The van der Waals surface area contributed by atoms with Crippen LogP contribution in [0, 0.1) is 6.92 Å². The van der Waals surface area contributed by atoms with Gasteiger partial charge >= 0.3 is 5.97 Å². The van der Waals surface area contributed by atoms with Crippen molar-refractivity contribution in [1.82, 2.24) is 9.88 Å². The molecule has 0 spiro atoms. The van der Waals surface area contributed by atoms with E-state index < -0.39 is 12.0 Å². The molecule has 0 aromatic carbocycles. The SMILES string of the molecule is CCCC1SCC(C(=O)O)N1C(=O)Cc1csc(C)n1. The molecule has 0 aliphatic carbocycles. The number of carboxylic acids is 1. The second-order valence-electron chi connectivity index (χ2n) is 4.77. The van der Waals surface area contributed by atoms with E-state index in [1.54, 1.807) is 16.7 Å². The molecule has 0 radical (unpaired) electrons. The molecule has 1 saturated heterocycles. The van der Waals surface area contributed by atoms with Gasteiger partial charge in [-0.2, -0.15) is 0 Å². The van der Waals surface area contributed by atoms with Crippen LogP contribution >= 0.6 is 23.1 Å². The number of carboxylic acid groups (broad SMARTS) is 1. The zero-order chi connectivity index (χ0) is 14.7. The molecular formula is C13H18N2O3S2. The zero-order valence-corrected chi connectivity index (χ0v) is 13.2. The molecule has 1 aromatic rings. The first kappa shape index (κ1) is 15.3. The number of amides is 1. The normalized spacial score (nSPS) is 22.2. The number of hydrogen-bond donors (Lipinski definition) is 1. The fourth-order valence-electron chi connectivity index (χ4n) is 2.29. The quantitative estimate of drug-likeness (QED) is 0.901. The molecule has 1 aliphatic rings. The summed E-state index contributed by atoms with van der Waals surface area (Å²) in [6.07, 6.45) is 1.95. The molecule has 1 aliphatic heterocycles. The summed E-state index contributed by atoms with van der Waals surface area (Å²) in [5.41, 5.74) is 0.730. The number of aryl methyl sites for hydroxylation is 1. The Balaban J connectivity index is 2.12. The summed E-state index contributed by atoms with van der Waals surface area (Å²) in [5, 5.41) is 12.0. The van der Waals surface area contributed by atoms with Gasteiger partial charge < -0.3 is 10.0 Å². The summed E-state index contributed by atoms with van der Waals surface area (Å²) < 4.78 is 0. The van der Waals surface area contributed by atoms with Crippen LogP contribution in [0.1, 0.15) is 30.5 Å². The molecule has 1 N–H and O–H groups in total. The van der Waals surface area contributed by atoms with Gasteiger partial charge in [0.25, 0.3) is 0 Å². The molecule has 1 amide bonds. The van der Waals surface area contributed by atoms with E-state index >= 15 is 0 Å². The van der Waals surface area contributed by atoms with E-state index in [1.807, 2.05) is 19.2 Å². The minimum atomic E-state index is -0.918. The number of nitrogens with zero attached hydrogens (tertiary/aromatic N) is 2. The average Bonchev–Trinajstić information content (AvgIpc) is 2.96. The molecule has 1 fully saturated rings. The van der Waals surface area contributed by atoms with Crippen molar-refractivity contribution in [3.05, 3.63) is 16.1 Å². The molecule has 5 nitrogen and oxygen atoms in total. The lowest BCUT2D eigenvalue weighted by Crippen LogP contribution is -2.46. The van der Waals surface area contributed by atoms with Crippen LogP contribution in [0.15, 0.2) is 5.38 Å². The summed E-state index contributed by atoms with van der Waals surface area (Å²) in [4.78, 5) is 29.6. The fraction of sp³-hybridized carbons (Fsp3) is 0.615. The smallest absolute Gasteiger partial charge is 0.327 e. The van der Waals surface area contributed by atoms with Crippen molar-refractivity contribution in [3.63, 3.8) is 0 Å². The maximum absolute atomic E-state index is 12.4. The number of carbonyl (C=O) groups is 2. The van der Waals surface area contributed by atoms with Crippen molar-refractivity contribution < 1.29 is 14.7 Å². The average molecular weight is 314 g/mol. The Hall–Kier alpha value is -1.08. The van der Waals surface area contributed by atoms with Gasteiger partial charge in [0.1, 0.15) is 6.04 Å². The van der Waals surface area contributed by atoms with E-state index in [1.165, 1.54) is 11.3 Å². The molecule has 20 heavy (non-hydrogen) atoms. The number of thiazole rings is 1. The third-order valence-electron chi connectivity index (χ3n) is 3.20. The van der Waals surface area contributed by atoms with Crippen LogP contribution in [-0.4, -0.2) is 44.0 Å². The van der Waals surface area contributed by atoms with Crippen LogP contribution in [0.25, 0.3) is 0 Å². The second-order valence-corrected chi connectivity index (χ2v) is 7.04. The van der Waals surface area contributed by atoms with Crippen LogP contribution in [0.5, 0.6) is 0 Å². The summed E-state index contributed by atoms with van der Waals surface area (Å²) in [6.45, 7) is 3.94. The van der Waals surface area contributed by atoms with Crippen molar-refractivity contribution in [2.45, 2.75) is 44.5 Å². The lowest BCUT2D eigenvalue weighted by Gasteiger charge is -2.27. The Kier molecular flexibility index (Phi) is 5.04. The minimum Gasteiger partial charge on any atom is -0.480 e. The largest absolute Gasteiger partial charge is 0.480 e. The van der Waals surface area contributed by atoms with E-state index in [-0.39, 0.29) is 17.7 Å². The topological polar surface area (TPSA) is 70.5 Å². The Morgan fingerprint density at radius 1 is 1.55 bits per heavy atom. The van der Waals surface area contributed by atoms with Gasteiger partial charge in [-0.05, 0) is 13.3 Å². The van der Waals surface area contributed by atoms with Gasteiger partial charge in [0.15, 0.2) is 0 Å². The van der Waals surface area contributed by atoms with Crippen molar-refractivity contribution in [3.8, 4) is 0 Å². The van der Waals surface area contributed by atoms with Crippen molar-refractivity contribution in [1.29, 1.82) is 0 Å². The van der Waals surface area contributed by atoms with E-state index in [4.69, 9.17) is 0 Å². The van der Waals surface area contributed by atoms with Crippen LogP contribution in [0.4, 0.5) is 0 Å². The predicted molar refractivity (Wildman–Crippen MR) is 80.0 cm³/mol. The number of thioether (sulfide) groups is 1. The first-order valence-electron chi connectivity index (χ1n) is 6.59. The molecule has 0 saturated carbocycles. The number of hydrogen-bond acceptors (Lipinski definition) is 5. The summed E-state index contributed by atoms with van der Waals surface area (Å²) >= 11 is 3.07. The van der Waals surface area contributed by atoms with Crippen molar-refractivity contribution >= 4 is 35.0 Å². The Morgan fingerprint density at radius 2 is 2.30 bits per heavy atom. The highest BCUT2D eigenvalue weighted by Gasteiger charge is 2.40. The highest BCUT2D eigenvalue weighted by atomic mass is 32.2. The fourth-order valence-corrected chi connectivity index (χ4v) is 4.44. The third kappa shape index (κ3) is 3.32. The molecule has 2 unspecified atom stereocenters. The molecule has 0 bridgehead atoms. The van der Waals surface area contributed by atoms with Crippen molar-refractivity contribution in [2.75, 3.05) is 5.75 Å². The maximum atomic E-state index is 12.4. The first-order valence-corrected chi connectivity index (χ1v) is 8.52. The van der Waals surface area contributed by atoms with Crippen LogP contribution in [-0.2, 0) is 16.0 Å². The molecule has 2 rings (SSSR count). The van der Waals surface area contributed by atoms with Crippen LogP contribution in [0.2, 0.25) is 0 Å². The summed E-state index contributed by atoms with van der Waals surface area (Å²) in [6, 6.07) is -0.705. The third-order valence-corrected chi connectivity index (χ3v) is 5.38. The molecule has 2 atom stereocenters. The lowest BCUT2D eigenvalue weighted by atomic mass is 10.2. The first-order chi connectivity index (χ1) is 9.52. The Morgan fingerprint density at radius 3 is 2.85 bits per heavy atom. The lowest BCUT2D eigenvalue weighted by molar-refractivity contribution is -0.148.